The molecule has 0 bridgehead atoms. The van der Waals surface area contributed by atoms with Crippen molar-refractivity contribution in [3.63, 3.8) is 0 Å². The lowest BCUT2D eigenvalue weighted by atomic mass is 9.87. The van der Waals surface area contributed by atoms with Crippen molar-refractivity contribution in [2.24, 2.45) is 5.73 Å². The number of nitrogens with one attached hydrogen (secondary N) is 1. The van der Waals surface area contributed by atoms with E-state index in [-0.39, 0.29) is 17.1 Å². The highest BCUT2D eigenvalue weighted by molar-refractivity contribution is 5.51. The minimum atomic E-state index is -0.347. The molecule has 1 aromatic rings. The van der Waals surface area contributed by atoms with Crippen LogP contribution in [0.2, 0.25) is 0 Å². The van der Waals surface area contributed by atoms with Crippen molar-refractivity contribution in [2.45, 2.75) is 25.3 Å². The Hall–Kier alpha value is -1.33. The highest BCUT2D eigenvalue weighted by Gasteiger charge is 2.32. The Labute approximate surface area is 120 Å². The van der Waals surface area contributed by atoms with Gasteiger partial charge in [0.1, 0.15) is 0 Å². The summed E-state index contributed by atoms with van der Waals surface area (Å²) in [6.07, 6.45) is 1.99. The zero-order chi connectivity index (χ0) is 14.6. The Morgan fingerprint density at radius 3 is 2.65 bits per heavy atom. The fourth-order valence-electron chi connectivity index (χ4n) is 2.72. The van der Waals surface area contributed by atoms with E-state index in [1.54, 1.807) is 12.1 Å². The molecule has 0 aromatic heterocycles. The van der Waals surface area contributed by atoms with E-state index in [4.69, 9.17) is 10.5 Å². The number of rotatable bonds is 5. The highest BCUT2D eigenvalue weighted by Crippen LogP contribution is 2.29. The van der Waals surface area contributed by atoms with Crippen molar-refractivity contribution >= 4 is 5.69 Å². The number of methoxy groups -OCH3 is 1. The van der Waals surface area contributed by atoms with Crippen LogP contribution in [0.1, 0.15) is 19.8 Å². The van der Waals surface area contributed by atoms with E-state index in [0.29, 0.717) is 6.54 Å². The topological polar surface area (TPSA) is 50.5 Å². The summed E-state index contributed by atoms with van der Waals surface area (Å²) in [7, 11) is 1.47. The Morgan fingerprint density at radius 2 is 2.10 bits per heavy atom. The number of benzene rings is 1. The molecule has 0 atom stereocenters. The fraction of sp³-hybridized carbons (Fsp3) is 0.600. The van der Waals surface area contributed by atoms with Gasteiger partial charge in [0.25, 0.3) is 0 Å². The molecule has 0 saturated carbocycles. The van der Waals surface area contributed by atoms with Gasteiger partial charge in [0.05, 0.1) is 12.6 Å². The van der Waals surface area contributed by atoms with Gasteiger partial charge in [-0.1, -0.05) is 6.92 Å². The lowest BCUT2D eigenvalue weighted by molar-refractivity contribution is 0.184. The Kier molecular flexibility index (Phi) is 4.83. The molecule has 0 unspecified atom stereocenters. The molecule has 20 heavy (non-hydrogen) atoms. The minimum Gasteiger partial charge on any atom is -0.494 e. The van der Waals surface area contributed by atoms with Crippen LogP contribution in [0.15, 0.2) is 18.2 Å². The summed E-state index contributed by atoms with van der Waals surface area (Å²) in [6.45, 7) is 5.90. The molecule has 4 nitrogen and oxygen atoms in total. The van der Waals surface area contributed by atoms with E-state index in [0.717, 1.165) is 38.2 Å². The monoisotopic (exact) mass is 281 g/mol. The maximum absolute atomic E-state index is 13.4. The van der Waals surface area contributed by atoms with E-state index in [2.05, 4.69) is 17.1 Å². The van der Waals surface area contributed by atoms with E-state index in [1.165, 1.54) is 13.2 Å². The van der Waals surface area contributed by atoms with Gasteiger partial charge < -0.3 is 20.7 Å². The highest BCUT2D eigenvalue weighted by atomic mass is 19.1. The molecule has 5 heteroatoms. The molecule has 0 amide bonds. The lowest BCUT2D eigenvalue weighted by Crippen LogP contribution is -2.53. The molecule has 1 aliphatic heterocycles. The van der Waals surface area contributed by atoms with Gasteiger partial charge in [0, 0.05) is 31.4 Å². The standard InChI is InChI=1S/C15H24FN3O/c1-3-19-8-6-15(11-17,7-9-19)18-12-4-5-13(16)14(10-12)20-2/h4-5,10,18H,3,6-9,11,17H2,1-2H3. The second kappa shape index (κ2) is 6.41. The first kappa shape index (κ1) is 15.1. The Balaban J connectivity index is 2.10. The maximum atomic E-state index is 13.4. The third-order valence-corrected chi connectivity index (χ3v) is 4.21. The van der Waals surface area contributed by atoms with Gasteiger partial charge in [-0.25, -0.2) is 4.39 Å². The summed E-state index contributed by atoms with van der Waals surface area (Å²) in [5.74, 6) is -0.0891. The molecule has 1 aliphatic rings. The number of nitrogens with zero attached hydrogens (tertiary/aromatic N) is 1. The summed E-state index contributed by atoms with van der Waals surface area (Å²) in [4.78, 5) is 2.42. The minimum absolute atomic E-state index is 0.103. The number of hydrogen-bond donors (Lipinski definition) is 2. The van der Waals surface area contributed by atoms with Crippen LogP contribution in [0, 0.1) is 5.82 Å². The summed E-state index contributed by atoms with van der Waals surface area (Å²) >= 11 is 0. The second-order valence-electron chi connectivity index (χ2n) is 5.39. The van der Waals surface area contributed by atoms with Crippen LogP contribution >= 0.6 is 0 Å². The third kappa shape index (κ3) is 3.22. The summed E-state index contributed by atoms with van der Waals surface area (Å²) in [5.41, 5.74) is 6.74. The van der Waals surface area contributed by atoms with Gasteiger partial charge in [-0.05, 0) is 31.5 Å². The number of anilines is 1. The van der Waals surface area contributed by atoms with Crippen LogP contribution in [0.5, 0.6) is 5.75 Å². The molecular weight excluding hydrogens is 257 g/mol. The van der Waals surface area contributed by atoms with Crippen LogP contribution in [0.3, 0.4) is 0 Å². The van der Waals surface area contributed by atoms with Crippen LogP contribution in [-0.4, -0.2) is 43.7 Å². The molecule has 1 heterocycles. The fourth-order valence-corrected chi connectivity index (χ4v) is 2.72. The predicted molar refractivity (Wildman–Crippen MR) is 79.7 cm³/mol. The van der Waals surface area contributed by atoms with Gasteiger partial charge in [-0.3, -0.25) is 0 Å². The van der Waals surface area contributed by atoms with E-state index in [9.17, 15) is 4.39 Å². The SMILES string of the molecule is CCN1CCC(CN)(Nc2ccc(F)c(OC)c2)CC1. The van der Waals surface area contributed by atoms with Crippen molar-refractivity contribution in [3.05, 3.63) is 24.0 Å². The summed E-state index contributed by atoms with van der Waals surface area (Å²) < 4.78 is 18.5. The average molecular weight is 281 g/mol. The number of hydrogen-bond acceptors (Lipinski definition) is 4. The average Bonchev–Trinajstić information content (AvgIpc) is 2.50. The second-order valence-corrected chi connectivity index (χ2v) is 5.39. The number of likely N-dealkylation sites (tertiary alicyclic amines) is 1. The van der Waals surface area contributed by atoms with Gasteiger partial charge in [-0.15, -0.1) is 0 Å². The van der Waals surface area contributed by atoms with Crippen molar-refractivity contribution in [1.29, 1.82) is 0 Å². The number of ether oxygens (including phenoxy) is 1. The van der Waals surface area contributed by atoms with E-state index >= 15 is 0 Å². The number of halogens is 1. The quantitative estimate of drug-likeness (QED) is 0.867. The molecule has 1 saturated heterocycles. The summed E-state index contributed by atoms with van der Waals surface area (Å²) in [5, 5.41) is 3.49. The van der Waals surface area contributed by atoms with Crippen molar-refractivity contribution in [1.82, 2.24) is 4.90 Å². The molecule has 3 N–H and O–H groups in total. The summed E-state index contributed by atoms with van der Waals surface area (Å²) in [6, 6.07) is 4.85. The van der Waals surface area contributed by atoms with E-state index in [1.807, 2.05) is 0 Å². The maximum Gasteiger partial charge on any atom is 0.165 e. The van der Waals surface area contributed by atoms with Crippen LogP contribution in [0.25, 0.3) is 0 Å². The normalized spacial score (nSPS) is 18.8. The Morgan fingerprint density at radius 1 is 1.40 bits per heavy atom. The molecule has 1 aromatic carbocycles. The van der Waals surface area contributed by atoms with Gasteiger partial charge >= 0.3 is 0 Å². The van der Waals surface area contributed by atoms with Crippen molar-refractivity contribution in [3.8, 4) is 5.75 Å². The molecule has 2 rings (SSSR count). The van der Waals surface area contributed by atoms with Crippen molar-refractivity contribution < 1.29 is 9.13 Å². The van der Waals surface area contributed by atoms with Crippen molar-refractivity contribution in [2.75, 3.05) is 38.6 Å². The molecule has 0 radical (unpaired) electrons. The molecule has 112 valence electrons. The zero-order valence-corrected chi connectivity index (χ0v) is 12.3. The number of nitrogens with two attached hydrogens (primary N) is 1. The van der Waals surface area contributed by atoms with Crippen LogP contribution in [-0.2, 0) is 0 Å². The first-order valence-electron chi connectivity index (χ1n) is 7.16. The lowest BCUT2D eigenvalue weighted by Gasteiger charge is -2.42. The Bertz CT molecular complexity index is 445. The smallest absolute Gasteiger partial charge is 0.165 e. The van der Waals surface area contributed by atoms with Gasteiger partial charge in [0.15, 0.2) is 11.6 Å². The third-order valence-electron chi connectivity index (χ3n) is 4.21. The van der Waals surface area contributed by atoms with Crippen LogP contribution in [0.4, 0.5) is 10.1 Å². The number of piperidine rings is 1. The molecule has 0 aliphatic carbocycles. The largest absolute Gasteiger partial charge is 0.494 e. The van der Waals surface area contributed by atoms with Gasteiger partial charge in [-0.2, -0.15) is 0 Å². The predicted octanol–water partition coefficient (Wildman–Crippen LogP) is 2.06. The van der Waals surface area contributed by atoms with E-state index < -0.39 is 0 Å². The molecule has 1 fully saturated rings. The first-order chi connectivity index (χ1) is 9.62. The molecule has 0 spiro atoms. The van der Waals surface area contributed by atoms with Crippen LogP contribution < -0.4 is 15.8 Å². The zero-order valence-electron chi connectivity index (χ0n) is 12.3. The van der Waals surface area contributed by atoms with Gasteiger partial charge in [0.2, 0.25) is 0 Å². The first-order valence-corrected chi connectivity index (χ1v) is 7.16. The molecular formula is C15H24FN3O.